The molecule has 3 rings (SSSR count). The number of carbonyl (C=O) groups is 1. The van der Waals surface area contributed by atoms with E-state index in [1.165, 1.54) is 23.5 Å². The molecule has 0 fully saturated rings. The third-order valence-corrected chi connectivity index (χ3v) is 5.65. The van der Waals surface area contributed by atoms with E-state index in [2.05, 4.69) is 20.8 Å². The van der Waals surface area contributed by atoms with E-state index < -0.39 is 0 Å². The molecule has 33 heavy (non-hydrogen) atoms. The highest BCUT2D eigenvalue weighted by Gasteiger charge is 2.15. The van der Waals surface area contributed by atoms with Gasteiger partial charge in [-0.05, 0) is 43.2 Å². The molecule has 0 saturated heterocycles. The van der Waals surface area contributed by atoms with Crippen molar-refractivity contribution in [2.75, 3.05) is 10.5 Å². The van der Waals surface area contributed by atoms with E-state index in [1.807, 2.05) is 13.0 Å². The van der Waals surface area contributed by atoms with Gasteiger partial charge in [0.2, 0.25) is 5.91 Å². The van der Waals surface area contributed by atoms with Gasteiger partial charge >= 0.3 is 0 Å². The Morgan fingerprint density at radius 2 is 2.03 bits per heavy atom. The highest BCUT2D eigenvalue weighted by Crippen LogP contribution is 2.32. The number of aryl methyl sites for hydroxylation is 2. The van der Waals surface area contributed by atoms with Gasteiger partial charge in [0, 0.05) is 6.42 Å². The quantitative estimate of drug-likeness (QED) is 0.290. The lowest BCUT2D eigenvalue weighted by Gasteiger charge is -2.14. The minimum absolute atomic E-state index is 0.0523. The van der Waals surface area contributed by atoms with Gasteiger partial charge in [-0.15, -0.1) is 11.0 Å². The maximum absolute atomic E-state index is 11.8. The fourth-order valence-electron chi connectivity index (χ4n) is 2.87. The van der Waals surface area contributed by atoms with E-state index in [4.69, 9.17) is 0 Å². The zero-order chi connectivity index (χ0) is 24.0. The normalized spacial score (nSPS) is 11.6. The van der Waals surface area contributed by atoms with Crippen LogP contribution in [0, 0.1) is 13.8 Å². The molecule has 4 N–H and O–H groups in total. The van der Waals surface area contributed by atoms with E-state index in [0.717, 1.165) is 5.56 Å². The average molecular weight is 467 g/mol. The fraction of sp³-hybridized carbons (Fsp3) is 0.174. The van der Waals surface area contributed by atoms with Crippen LogP contribution in [0.15, 0.2) is 53.6 Å². The number of amides is 1. The van der Waals surface area contributed by atoms with Crippen molar-refractivity contribution in [1.29, 1.82) is 0 Å². The van der Waals surface area contributed by atoms with Gasteiger partial charge in [-0.2, -0.15) is 5.10 Å². The summed E-state index contributed by atoms with van der Waals surface area (Å²) in [5, 5.41) is 38.6. The fourth-order valence-corrected chi connectivity index (χ4v) is 3.82. The Labute approximate surface area is 195 Å². The molecule has 1 amide bonds. The molecule has 0 saturated carbocycles. The van der Waals surface area contributed by atoms with Gasteiger partial charge in [-0.25, -0.2) is 10.4 Å². The molecule has 0 atom stereocenters. The zero-order valence-electron chi connectivity index (χ0n) is 18.4. The van der Waals surface area contributed by atoms with Gasteiger partial charge in [0.1, 0.15) is 11.4 Å². The third kappa shape index (κ3) is 6.39. The number of hydrogen-bond donors (Lipinski definition) is 4. The maximum atomic E-state index is 11.8. The summed E-state index contributed by atoms with van der Waals surface area (Å²) in [4.78, 5) is 17.0. The van der Waals surface area contributed by atoms with E-state index in [9.17, 15) is 20.3 Å². The van der Waals surface area contributed by atoms with Crippen molar-refractivity contribution in [3.05, 3.63) is 70.2 Å². The average Bonchev–Trinajstić information content (AvgIpc) is 3.14. The molecular formula is C23H24N5O4S-. The maximum Gasteiger partial charge on any atom is 0.239 e. The molecule has 1 aromatic heterocycles. The smallest absolute Gasteiger partial charge is 0.239 e. The monoisotopic (exact) mass is 466 g/mol. The first-order chi connectivity index (χ1) is 15.8. The predicted octanol–water partition coefficient (Wildman–Crippen LogP) is 4.11. The second-order valence-electron chi connectivity index (χ2n) is 7.16. The standard InChI is InChI=1S/C23H25N5O4S/c1-4-21(30)27-26-19(11-9-16-6-5-7-17(29)13-16)22-15(3)24-23(33-22)25-18-10-8-14(2)12-20(18)28(31)32/h5-13,29,31-32H,4H2,1-3H3,(H,24,25)(H,27,30)/p-1/b11-9-,26-19+. The topological polar surface area (TPSA) is 133 Å². The van der Waals surface area contributed by atoms with Crippen molar-refractivity contribution in [3.63, 3.8) is 0 Å². The van der Waals surface area contributed by atoms with Crippen LogP contribution >= 0.6 is 11.3 Å². The molecule has 0 aliphatic carbocycles. The van der Waals surface area contributed by atoms with E-state index in [-0.39, 0.29) is 29.0 Å². The highest BCUT2D eigenvalue weighted by molar-refractivity contribution is 7.17. The van der Waals surface area contributed by atoms with Crippen LogP contribution in [0.1, 0.15) is 35.0 Å². The van der Waals surface area contributed by atoms with E-state index in [0.29, 0.717) is 32.7 Å². The third-order valence-electron chi connectivity index (χ3n) is 4.55. The summed E-state index contributed by atoms with van der Waals surface area (Å²) in [7, 11) is 0. The van der Waals surface area contributed by atoms with Crippen molar-refractivity contribution >= 4 is 45.5 Å². The van der Waals surface area contributed by atoms with Crippen molar-refractivity contribution in [3.8, 4) is 5.75 Å². The first-order valence-electron chi connectivity index (χ1n) is 10.1. The summed E-state index contributed by atoms with van der Waals surface area (Å²) in [6.45, 7) is 5.37. The Bertz CT molecular complexity index is 1200. The molecule has 0 spiro atoms. The molecule has 172 valence electrons. The molecule has 0 aliphatic heterocycles. The van der Waals surface area contributed by atoms with Gasteiger partial charge in [-0.1, -0.05) is 54.7 Å². The number of nitrogens with zero attached hydrogens (tertiary/aromatic N) is 3. The number of allylic oxidation sites excluding steroid dienone is 1. The first kappa shape index (κ1) is 23.9. The van der Waals surface area contributed by atoms with E-state index in [1.54, 1.807) is 50.3 Å². The lowest BCUT2D eigenvalue weighted by Crippen LogP contribution is -2.18. The summed E-state index contributed by atoms with van der Waals surface area (Å²) in [5.74, 6) is -0.343. The first-order valence-corrected chi connectivity index (χ1v) is 10.9. The van der Waals surface area contributed by atoms with Crippen molar-refractivity contribution < 1.29 is 20.3 Å². The van der Waals surface area contributed by atoms with Gasteiger partial charge in [0.05, 0.1) is 16.3 Å². The molecule has 2 aromatic carbocycles. The van der Waals surface area contributed by atoms with Crippen LogP contribution in [0.3, 0.4) is 0 Å². The van der Waals surface area contributed by atoms with Crippen LogP contribution in [0.5, 0.6) is 5.75 Å². The summed E-state index contributed by atoms with van der Waals surface area (Å²) in [6, 6.07) is 11.6. The number of benzene rings is 2. The van der Waals surface area contributed by atoms with Crippen LogP contribution in [-0.4, -0.2) is 27.0 Å². The molecule has 9 nitrogen and oxygen atoms in total. The summed E-state index contributed by atoms with van der Waals surface area (Å²) in [6.07, 6.45) is 3.72. The predicted molar refractivity (Wildman–Crippen MR) is 127 cm³/mol. The molecule has 3 aromatic rings. The number of thiazole rings is 1. The second-order valence-corrected chi connectivity index (χ2v) is 8.16. The van der Waals surface area contributed by atoms with Crippen molar-refractivity contribution in [1.82, 2.24) is 10.4 Å². The van der Waals surface area contributed by atoms with Gasteiger partial charge < -0.3 is 10.4 Å². The Morgan fingerprint density at radius 3 is 2.73 bits per heavy atom. The number of carbonyl (C=O) groups excluding carboxylic acids is 1. The molecule has 1 heterocycles. The highest BCUT2D eigenvalue weighted by atomic mass is 32.1. The number of anilines is 3. The molecule has 0 bridgehead atoms. The molecule has 10 heteroatoms. The van der Waals surface area contributed by atoms with Gasteiger partial charge in [-0.3, -0.25) is 15.2 Å². The Kier molecular flexibility index (Phi) is 7.78. The SMILES string of the molecule is CCC(=O)N/N=C(\C=C/c1cccc([O-])c1)c1sc(Nc2ccc(C)cc2N(O)O)nc1C. The van der Waals surface area contributed by atoms with Crippen molar-refractivity contribution in [2.24, 2.45) is 5.10 Å². The zero-order valence-corrected chi connectivity index (χ0v) is 19.2. The summed E-state index contributed by atoms with van der Waals surface area (Å²) < 4.78 is 0. The Morgan fingerprint density at radius 1 is 1.24 bits per heavy atom. The van der Waals surface area contributed by atoms with Crippen LogP contribution in [0.4, 0.5) is 16.5 Å². The largest absolute Gasteiger partial charge is 0.872 e. The molecule has 0 unspecified atom stereocenters. The number of aromatic nitrogens is 1. The van der Waals surface area contributed by atoms with E-state index >= 15 is 0 Å². The number of hydrazone groups is 1. The molecule has 0 aliphatic rings. The summed E-state index contributed by atoms with van der Waals surface area (Å²) in [5.41, 5.74) is 5.82. The van der Waals surface area contributed by atoms with Crippen LogP contribution in [0.25, 0.3) is 6.08 Å². The number of rotatable bonds is 8. The Balaban J connectivity index is 1.94. The van der Waals surface area contributed by atoms with Crippen LogP contribution in [-0.2, 0) is 4.79 Å². The minimum atomic E-state index is -0.238. The molecular weight excluding hydrogens is 442 g/mol. The van der Waals surface area contributed by atoms with Gasteiger partial charge in [0.25, 0.3) is 0 Å². The van der Waals surface area contributed by atoms with Crippen molar-refractivity contribution in [2.45, 2.75) is 27.2 Å². The van der Waals surface area contributed by atoms with Crippen LogP contribution in [0.2, 0.25) is 0 Å². The second kappa shape index (κ2) is 10.7. The Hall–Kier alpha value is -3.73. The summed E-state index contributed by atoms with van der Waals surface area (Å²) >= 11 is 1.29. The number of nitrogens with one attached hydrogen (secondary N) is 2. The lowest BCUT2D eigenvalue weighted by molar-refractivity contribution is -0.268. The molecule has 0 radical (unpaired) electrons. The van der Waals surface area contributed by atoms with Crippen LogP contribution < -0.4 is 21.1 Å². The number of hydrogen-bond acceptors (Lipinski definition) is 9. The minimum Gasteiger partial charge on any atom is -0.872 e. The van der Waals surface area contributed by atoms with Gasteiger partial charge in [0.15, 0.2) is 5.13 Å². The lowest BCUT2D eigenvalue weighted by atomic mass is 10.1.